The molecule has 1 heterocycles. The van der Waals surface area contributed by atoms with Gasteiger partial charge in [-0.05, 0) is 43.7 Å². The maximum Gasteiger partial charge on any atom is 0.122 e. The van der Waals surface area contributed by atoms with Crippen LogP contribution in [-0.2, 0) is 6.54 Å². The maximum absolute atomic E-state index is 5.40. The summed E-state index contributed by atoms with van der Waals surface area (Å²) in [6.45, 7) is 6.23. The van der Waals surface area contributed by atoms with Crippen molar-refractivity contribution < 1.29 is 9.47 Å². The van der Waals surface area contributed by atoms with Gasteiger partial charge in [-0.25, -0.2) is 0 Å². The molecule has 4 nitrogen and oxygen atoms in total. The summed E-state index contributed by atoms with van der Waals surface area (Å²) in [5.41, 5.74) is 3.60. The fourth-order valence-corrected chi connectivity index (χ4v) is 3.03. The number of ether oxygens (including phenoxy) is 2. The zero-order valence-corrected chi connectivity index (χ0v) is 14.2. The van der Waals surface area contributed by atoms with Gasteiger partial charge in [0.1, 0.15) is 11.5 Å². The van der Waals surface area contributed by atoms with Crippen molar-refractivity contribution in [2.75, 3.05) is 31.0 Å². The quantitative estimate of drug-likeness (QED) is 0.928. The fraction of sp³-hybridized carbons (Fsp3) is 0.368. The predicted molar refractivity (Wildman–Crippen MR) is 94.7 cm³/mol. The molecule has 0 bridgehead atoms. The van der Waals surface area contributed by atoms with E-state index in [-0.39, 0.29) is 5.54 Å². The molecule has 0 atom stereocenters. The first-order valence-corrected chi connectivity index (χ1v) is 7.86. The number of methoxy groups -OCH3 is 2. The number of benzene rings is 2. The Hall–Kier alpha value is -2.36. The van der Waals surface area contributed by atoms with E-state index in [1.807, 2.05) is 6.07 Å². The Kier molecular flexibility index (Phi) is 4.07. The molecule has 0 amide bonds. The van der Waals surface area contributed by atoms with Crippen LogP contribution in [0.3, 0.4) is 0 Å². The fourth-order valence-electron chi connectivity index (χ4n) is 3.03. The summed E-state index contributed by atoms with van der Waals surface area (Å²) in [6, 6.07) is 14.5. The molecular formula is C19H24N2O2. The minimum atomic E-state index is 0.0185. The van der Waals surface area contributed by atoms with Gasteiger partial charge in [-0.2, -0.15) is 0 Å². The molecule has 0 radical (unpaired) electrons. The van der Waals surface area contributed by atoms with Crippen molar-refractivity contribution in [3.05, 3.63) is 48.0 Å². The molecule has 1 aliphatic heterocycles. The van der Waals surface area contributed by atoms with Gasteiger partial charge in [-0.3, -0.25) is 0 Å². The lowest BCUT2D eigenvalue weighted by atomic mass is 9.96. The molecule has 23 heavy (non-hydrogen) atoms. The van der Waals surface area contributed by atoms with E-state index >= 15 is 0 Å². The third-order valence-electron chi connectivity index (χ3n) is 4.39. The van der Waals surface area contributed by atoms with Gasteiger partial charge in [0, 0.05) is 19.2 Å². The van der Waals surface area contributed by atoms with Gasteiger partial charge < -0.3 is 19.7 Å². The van der Waals surface area contributed by atoms with Gasteiger partial charge in [0.15, 0.2) is 0 Å². The second-order valence-corrected chi connectivity index (χ2v) is 6.49. The van der Waals surface area contributed by atoms with Crippen LogP contribution in [0.5, 0.6) is 11.5 Å². The van der Waals surface area contributed by atoms with Crippen LogP contribution in [0.4, 0.5) is 11.4 Å². The number of rotatable bonds is 4. The monoisotopic (exact) mass is 312 g/mol. The van der Waals surface area contributed by atoms with Crippen molar-refractivity contribution in [2.45, 2.75) is 25.9 Å². The first kappa shape index (κ1) is 15.5. The Bertz CT molecular complexity index is 675. The van der Waals surface area contributed by atoms with Crippen LogP contribution in [0.25, 0.3) is 0 Å². The zero-order chi connectivity index (χ0) is 16.4. The third-order valence-corrected chi connectivity index (χ3v) is 4.39. The minimum absolute atomic E-state index is 0.0185. The van der Waals surface area contributed by atoms with Gasteiger partial charge in [0.2, 0.25) is 0 Å². The van der Waals surface area contributed by atoms with Crippen LogP contribution in [0, 0.1) is 0 Å². The van der Waals surface area contributed by atoms with Crippen molar-refractivity contribution >= 4 is 11.4 Å². The molecule has 0 fully saturated rings. The predicted octanol–water partition coefficient (Wildman–Crippen LogP) is 3.91. The molecule has 0 spiro atoms. The van der Waals surface area contributed by atoms with Crippen LogP contribution >= 0.6 is 0 Å². The van der Waals surface area contributed by atoms with Gasteiger partial charge >= 0.3 is 0 Å². The molecular weight excluding hydrogens is 288 g/mol. The topological polar surface area (TPSA) is 33.7 Å². The highest BCUT2D eigenvalue weighted by atomic mass is 16.5. The molecule has 1 aliphatic rings. The second-order valence-electron chi connectivity index (χ2n) is 6.49. The highest BCUT2D eigenvalue weighted by Crippen LogP contribution is 2.37. The second kappa shape index (κ2) is 6.03. The summed E-state index contributed by atoms with van der Waals surface area (Å²) >= 11 is 0. The van der Waals surface area contributed by atoms with Crippen molar-refractivity contribution in [1.82, 2.24) is 0 Å². The summed E-state index contributed by atoms with van der Waals surface area (Å²) < 4.78 is 10.8. The number of fused-ring (bicyclic) bond motifs is 1. The maximum atomic E-state index is 5.40. The third kappa shape index (κ3) is 3.07. The summed E-state index contributed by atoms with van der Waals surface area (Å²) in [5.74, 6) is 1.64. The number of nitrogens with zero attached hydrogens (tertiary/aromatic N) is 1. The summed E-state index contributed by atoms with van der Waals surface area (Å²) in [4.78, 5) is 2.44. The first-order valence-electron chi connectivity index (χ1n) is 7.86. The number of anilines is 2. The van der Waals surface area contributed by atoms with E-state index in [1.54, 1.807) is 14.2 Å². The molecule has 2 aromatic rings. The Morgan fingerprint density at radius 2 is 1.70 bits per heavy atom. The van der Waals surface area contributed by atoms with Gasteiger partial charge in [0.25, 0.3) is 0 Å². The van der Waals surface area contributed by atoms with Crippen LogP contribution in [0.1, 0.15) is 19.4 Å². The van der Waals surface area contributed by atoms with E-state index in [1.165, 1.54) is 16.9 Å². The van der Waals surface area contributed by atoms with E-state index in [2.05, 4.69) is 60.5 Å². The molecule has 0 aliphatic carbocycles. The lowest BCUT2D eigenvalue weighted by Crippen LogP contribution is -2.51. The van der Waals surface area contributed by atoms with Gasteiger partial charge in [-0.15, -0.1) is 0 Å². The Morgan fingerprint density at radius 3 is 2.35 bits per heavy atom. The number of nitrogens with one attached hydrogen (secondary N) is 1. The van der Waals surface area contributed by atoms with Gasteiger partial charge in [-0.1, -0.05) is 12.1 Å². The first-order chi connectivity index (χ1) is 11.0. The van der Waals surface area contributed by atoms with Crippen LogP contribution < -0.4 is 19.7 Å². The number of hydrogen-bond acceptors (Lipinski definition) is 4. The van der Waals surface area contributed by atoms with Crippen LogP contribution in [-0.4, -0.2) is 26.3 Å². The summed E-state index contributed by atoms with van der Waals surface area (Å²) in [7, 11) is 3.37. The lowest BCUT2D eigenvalue weighted by Gasteiger charge is -2.45. The molecule has 0 unspecified atom stereocenters. The molecule has 3 rings (SSSR count). The standard InChI is InChI=1S/C19H24N2O2/c1-19(2)13-20-17-7-5-6-8-18(17)21(19)12-14-9-15(22-3)11-16(10-14)23-4/h5-11,20H,12-13H2,1-4H3. The molecule has 0 saturated heterocycles. The normalized spacial score (nSPS) is 15.6. The Balaban J connectivity index is 1.98. The van der Waals surface area contributed by atoms with Crippen LogP contribution in [0.15, 0.2) is 42.5 Å². The minimum Gasteiger partial charge on any atom is -0.497 e. The SMILES string of the molecule is COc1cc(CN2c3ccccc3NCC2(C)C)cc(OC)c1. The molecule has 2 aromatic carbocycles. The van der Waals surface area contributed by atoms with E-state index in [0.717, 1.165) is 24.6 Å². The van der Waals surface area contributed by atoms with E-state index in [9.17, 15) is 0 Å². The zero-order valence-electron chi connectivity index (χ0n) is 14.2. The largest absolute Gasteiger partial charge is 0.497 e. The summed E-state index contributed by atoms with van der Waals surface area (Å²) in [5, 5.41) is 3.52. The molecule has 4 heteroatoms. The number of hydrogen-bond donors (Lipinski definition) is 1. The van der Waals surface area contributed by atoms with E-state index < -0.39 is 0 Å². The number of para-hydroxylation sites is 2. The molecule has 0 saturated carbocycles. The highest BCUT2D eigenvalue weighted by molar-refractivity contribution is 5.73. The van der Waals surface area contributed by atoms with Crippen LogP contribution in [0.2, 0.25) is 0 Å². The highest BCUT2D eigenvalue weighted by Gasteiger charge is 2.32. The summed E-state index contributed by atoms with van der Waals surface area (Å²) in [6.07, 6.45) is 0. The van der Waals surface area contributed by atoms with E-state index in [4.69, 9.17) is 9.47 Å². The van der Waals surface area contributed by atoms with Crippen molar-refractivity contribution in [3.63, 3.8) is 0 Å². The van der Waals surface area contributed by atoms with Crippen molar-refractivity contribution in [3.8, 4) is 11.5 Å². The molecule has 1 N–H and O–H groups in total. The average molecular weight is 312 g/mol. The van der Waals surface area contributed by atoms with Gasteiger partial charge in [0.05, 0.1) is 31.1 Å². The average Bonchev–Trinajstić information content (AvgIpc) is 2.57. The Labute approximate surface area is 138 Å². The molecule has 0 aromatic heterocycles. The van der Waals surface area contributed by atoms with Crippen molar-refractivity contribution in [2.24, 2.45) is 0 Å². The molecule has 122 valence electrons. The Morgan fingerprint density at radius 1 is 1.04 bits per heavy atom. The lowest BCUT2D eigenvalue weighted by molar-refractivity contribution is 0.392. The smallest absolute Gasteiger partial charge is 0.122 e. The van der Waals surface area contributed by atoms with E-state index in [0.29, 0.717) is 0 Å². The van der Waals surface area contributed by atoms with Crippen molar-refractivity contribution in [1.29, 1.82) is 0 Å².